The van der Waals surface area contributed by atoms with Crippen molar-refractivity contribution in [1.82, 2.24) is 0 Å². The van der Waals surface area contributed by atoms with Gasteiger partial charge in [-0.1, -0.05) is 32.9 Å². The van der Waals surface area contributed by atoms with Gasteiger partial charge in [0.25, 0.3) is 0 Å². The second-order valence-electron chi connectivity index (χ2n) is 4.61. The summed E-state index contributed by atoms with van der Waals surface area (Å²) < 4.78 is 5.64. The minimum absolute atomic E-state index is 0.139. The van der Waals surface area contributed by atoms with Gasteiger partial charge in [0.2, 0.25) is 0 Å². The lowest BCUT2D eigenvalue weighted by Gasteiger charge is -2.21. The quantitative estimate of drug-likeness (QED) is 0.806. The number of hydrogen-bond acceptors (Lipinski definition) is 2. The van der Waals surface area contributed by atoms with Gasteiger partial charge in [0.05, 0.1) is 13.2 Å². The molecule has 0 unspecified atom stereocenters. The van der Waals surface area contributed by atoms with E-state index in [-0.39, 0.29) is 12.0 Å². The summed E-state index contributed by atoms with van der Waals surface area (Å²) in [5.41, 5.74) is 1.09. The predicted molar refractivity (Wildman–Crippen MR) is 62.2 cm³/mol. The molecule has 0 aromatic heterocycles. The van der Waals surface area contributed by atoms with Crippen LogP contribution in [0.25, 0.3) is 0 Å². The topological polar surface area (TPSA) is 29.5 Å². The molecular weight excluding hydrogens is 188 g/mol. The lowest BCUT2D eigenvalue weighted by molar-refractivity contribution is 0.0975. The molecule has 15 heavy (non-hydrogen) atoms. The van der Waals surface area contributed by atoms with Gasteiger partial charge in [-0.3, -0.25) is 0 Å². The zero-order valence-electron chi connectivity index (χ0n) is 9.79. The lowest BCUT2D eigenvalue weighted by Crippen LogP contribution is -2.25. The Morgan fingerprint density at radius 3 is 2.67 bits per heavy atom. The van der Waals surface area contributed by atoms with Crippen LogP contribution in [0.4, 0.5) is 0 Å². The van der Waals surface area contributed by atoms with Crippen LogP contribution in [-0.4, -0.2) is 18.3 Å². The van der Waals surface area contributed by atoms with Crippen LogP contribution in [0.1, 0.15) is 26.3 Å². The average molecular weight is 208 g/mol. The Labute approximate surface area is 91.9 Å². The van der Waals surface area contributed by atoms with Crippen molar-refractivity contribution >= 4 is 0 Å². The smallest absolute Gasteiger partial charge is 0.119 e. The summed E-state index contributed by atoms with van der Waals surface area (Å²) in [5.74, 6) is 0.885. The first-order valence-electron chi connectivity index (χ1n) is 5.40. The van der Waals surface area contributed by atoms with E-state index in [2.05, 4.69) is 13.0 Å². The third kappa shape index (κ3) is 3.92. The van der Waals surface area contributed by atoms with Crippen LogP contribution >= 0.6 is 0 Å². The first kappa shape index (κ1) is 12.1. The lowest BCUT2D eigenvalue weighted by atomic mass is 9.96. The molecule has 1 aromatic rings. The minimum atomic E-state index is -0.178. The molecule has 0 spiro atoms. The Morgan fingerprint density at radius 1 is 1.33 bits per heavy atom. The SMILES string of the molecule is CCc1cccc(OCC(C)(C)CO)c1. The molecule has 0 fully saturated rings. The number of hydrogen-bond donors (Lipinski definition) is 1. The van der Waals surface area contributed by atoms with Gasteiger partial charge >= 0.3 is 0 Å². The number of aliphatic hydroxyl groups is 1. The highest BCUT2D eigenvalue weighted by Gasteiger charge is 2.17. The van der Waals surface area contributed by atoms with Crippen molar-refractivity contribution in [2.24, 2.45) is 5.41 Å². The van der Waals surface area contributed by atoms with Gasteiger partial charge in [-0.25, -0.2) is 0 Å². The summed E-state index contributed by atoms with van der Waals surface area (Å²) in [6, 6.07) is 8.09. The molecule has 1 N–H and O–H groups in total. The van der Waals surface area contributed by atoms with Crippen LogP contribution < -0.4 is 4.74 Å². The van der Waals surface area contributed by atoms with Crippen molar-refractivity contribution in [1.29, 1.82) is 0 Å². The Bertz CT molecular complexity index is 305. The zero-order valence-corrected chi connectivity index (χ0v) is 9.79. The molecular formula is C13H20O2. The van der Waals surface area contributed by atoms with Gasteiger partial charge in [0, 0.05) is 5.41 Å². The average Bonchev–Trinajstić information content (AvgIpc) is 2.27. The summed E-state index contributed by atoms with van der Waals surface area (Å²) in [7, 11) is 0. The molecule has 0 aliphatic rings. The van der Waals surface area contributed by atoms with Crippen molar-refractivity contribution in [3.63, 3.8) is 0 Å². The second kappa shape index (κ2) is 5.17. The molecule has 2 nitrogen and oxygen atoms in total. The fraction of sp³-hybridized carbons (Fsp3) is 0.538. The normalized spacial score (nSPS) is 11.5. The van der Waals surface area contributed by atoms with E-state index in [1.807, 2.05) is 32.0 Å². The highest BCUT2D eigenvalue weighted by molar-refractivity contribution is 5.28. The van der Waals surface area contributed by atoms with E-state index in [9.17, 15) is 0 Å². The zero-order chi connectivity index (χ0) is 11.3. The molecule has 0 aliphatic heterocycles. The van der Waals surface area contributed by atoms with E-state index in [1.54, 1.807) is 0 Å². The Balaban J connectivity index is 2.57. The molecule has 0 radical (unpaired) electrons. The molecule has 0 atom stereocenters. The highest BCUT2D eigenvalue weighted by Crippen LogP contribution is 2.19. The number of benzene rings is 1. The number of aryl methyl sites for hydroxylation is 1. The number of ether oxygens (including phenoxy) is 1. The van der Waals surface area contributed by atoms with Crippen LogP contribution in [0.3, 0.4) is 0 Å². The Hall–Kier alpha value is -1.02. The van der Waals surface area contributed by atoms with E-state index in [1.165, 1.54) is 5.56 Å². The predicted octanol–water partition coefficient (Wildman–Crippen LogP) is 2.65. The van der Waals surface area contributed by atoms with Crippen molar-refractivity contribution < 1.29 is 9.84 Å². The molecule has 84 valence electrons. The van der Waals surface area contributed by atoms with Crippen molar-refractivity contribution in [2.75, 3.05) is 13.2 Å². The van der Waals surface area contributed by atoms with E-state index >= 15 is 0 Å². The number of rotatable bonds is 5. The van der Waals surface area contributed by atoms with Gasteiger partial charge in [-0.05, 0) is 24.1 Å². The van der Waals surface area contributed by atoms with Crippen LogP contribution in [0.2, 0.25) is 0 Å². The van der Waals surface area contributed by atoms with Crippen LogP contribution in [0.5, 0.6) is 5.75 Å². The molecule has 0 heterocycles. The molecule has 0 saturated heterocycles. The Kier molecular flexibility index (Phi) is 4.15. The fourth-order valence-corrected chi connectivity index (χ4v) is 1.18. The largest absolute Gasteiger partial charge is 0.493 e. The third-order valence-electron chi connectivity index (χ3n) is 2.36. The monoisotopic (exact) mass is 208 g/mol. The first-order chi connectivity index (χ1) is 7.07. The molecule has 2 heteroatoms. The van der Waals surface area contributed by atoms with Gasteiger partial charge in [0.1, 0.15) is 5.75 Å². The van der Waals surface area contributed by atoms with E-state index in [4.69, 9.17) is 9.84 Å². The second-order valence-corrected chi connectivity index (χ2v) is 4.61. The summed E-state index contributed by atoms with van der Waals surface area (Å²) >= 11 is 0. The van der Waals surface area contributed by atoms with Gasteiger partial charge < -0.3 is 9.84 Å². The van der Waals surface area contributed by atoms with Gasteiger partial charge in [-0.2, -0.15) is 0 Å². The maximum absolute atomic E-state index is 9.09. The first-order valence-corrected chi connectivity index (χ1v) is 5.40. The van der Waals surface area contributed by atoms with Crippen molar-refractivity contribution in [3.8, 4) is 5.75 Å². The maximum atomic E-state index is 9.09. The van der Waals surface area contributed by atoms with E-state index in [0.29, 0.717) is 6.61 Å². The van der Waals surface area contributed by atoms with Gasteiger partial charge in [-0.15, -0.1) is 0 Å². The third-order valence-corrected chi connectivity index (χ3v) is 2.36. The maximum Gasteiger partial charge on any atom is 0.119 e. The Morgan fingerprint density at radius 2 is 2.07 bits per heavy atom. The van der Waals surface area contributed by atoms with Crippen molar-refractivity contribution in [2.45, 2.75) is 27.2 Å². The summed E-state index contributed by atoms with van der Waals surface area (Å²) in [6.45, 7) is 6.77. The minimum Gasteiger partial charge on any atom is -0.493 e. The molecule has 1 aromatic carbocycles. The molecule has 0 bridgehead atoms. The highest BCUT2D eigenvalue weighted by atomic mass is 16.5. The fourth-order valence-electron chi connectivity index (χ4n) is 1.18. The van der Waals surface area contributed by atoms with Gasteiger partial charge in [0.15, 0.2) is 0 Å². The summed E-state index contributed by atoms with van der Waals surface area (Å²) in [5, 5.41) is 9.09. The molecule has 0 amide bonds. The molecule has 1 rings (SSSR count). The van der Waals surface area contributed by atoms with Crippen LogP contribution in [0.15, 0.2) is 24.3 Å². The summed E-state index contributed by atoms with van der Waals surface area (Å²) in [4.78, 5) is 0. The summed E-state index contributed by atoms with van der Waals surface area (Å²) in [6.07, 6.45) is 1.01. The molecule has 0 saturated carbocycles. The standard InChI is InChI=1S/C13H20O2/c1-4-11-6-5-7-12(8-11)15-10-13(2,3)9-14/h5-8,14H,4,9-10H2,1-3H3. The van der Waals surface area contributed by atoms with Crippen LogP contribution in [-0.2, 0) is 6.42 Å². The van der Waals surface area contributed by atoms with E-state index in [0.717, 1.165) is 12.2 Å². The number of aliphatic hydroxyl groups excluding tert-OH is 1. The van der Waals surface area contributed by atoms with Crippen LogP contribution in [0, 0.1) is 5.41 Å². The van der Waals surface area contributed by atoms with E-state index < -0.39 is 0 Å². The molecule has 0 aliphatic carbocycles. The van der Waals surface area contributed by atoms with Crippen molar-refractivity contribution in [3.05, 3.63) is 29.8 Å².